The molecule has 25 heavy (non-hydrogen) atoms. The van der Waals surface area contributed by atoms with Gasteiger partial charge >= 0.3 is 0 Å². The van der Waals surface area contributed by atoms with E-state index in [9.17, 15) is 4.39 Å². The van der Waals surface area contributed by atoms with Crippen LogP contribution < -0.4 is 0 Å². The van der Waals surface area contributed by atoms with E-state index in [4.69, 9.17) is 0 Å². The molecule has 3 aliphatic rings. The predicted molar refractivity (Wildman–Crippen MR) is 101 cm³/mol. The maximum Gasteiger partial charge on any atom is 0.131 e. The van der Waals surface area contributed by atoms with Gasteiger partial charge in [-0.15, -0.1) is 0 Å². The number of hydrogen-bond acceptors (Lipinski definition) is 1. The fourth-order valence-corrected chi connectivity index (χ4v) is 4.58. The molecule has 0 aromatic heterocycles. The zero-order chi connectivity index (χ0) is 16.8. The molecule has 1 saturated carbocycles. The molecule has 2 unspecified atom stereocenters. The largest absolute Gasteiger partial charge is 0.293 e. The standard InChI is InChI=1S/C23H24FN/c24-23-14-18(8-11-22(23)17-4-2-1-3-5-17)19-12-20-9-10-21(13-19)25(20)15-16-6-7-16/h1-5,8,11-12,14,16,20-21H,6-7,9-10,13,15H2. The number of nitrogens with zero attached hydrogens (tertiary/aromatic N) is 1. The van der Waals surface area contributed by atoms with Gasteiger partial charge in [0.05, 0.1) is 0 Å². The van der Waals surface area contributed by atoms with Crippen LogP contribution in [-0.4, -0.2) is 23.5 Å². The number of hydrogen-bond donors (Lipinski definition) is 0. The smallest absolute Gasteiger partial charge is 0.131 e. The summed E-state index contributed by atoms with van der Waals surface area (Å²) in [5, 5.41) is 0. The predicted octanol–water partition coefficient (Wildman–Crippen LogP) is 5.52. The van der Waals surface area contributed by atoms with Crippen LogP contribution in [0.4, 0.5) is 4.39 Å². The van der Waals surface area contributed by atoms with Crippen LogP contribution in [0.5, 0.6) is 0 Å². The topological polar surface area (TPSA) is 3.24 Å². The van der Waals surface area contributed by atoms with Crippen LogP contribution in [0.15, 0.2) is 54.6 Å². The molecule has 2 heteroatoms. The molecule has 5 rings (SSSR count). The zero-order valence-electron chi connectivity index (χ0n) is 14.5. The van der Waals surface area contributed by atoms with Crippen LogP contribution in [0.25, 0.3) is 16.7 Å². The first-order valence-electron chi connectivity index (χ1n) is 9.60. The van der Waals surface area contributed by atoms with Gasteiger partial charge < -0.3 is 0 Å². The Morgan fingerprint density at radius 2 is 1.76 bits per heavy atom. The van der Waals surface area contributed by atoms with Crippen LogP contribution >= 0.6 is 0 Å². The third-order valence-electron chi connectivity index (χ3n) is 6.13. The summed E-state index contributed by atoms with van der Waals surface area (Å²) in [6.07, 6.45) is 8.89. The van der Waals surface area contributed by atoms with Gasteiger partial charge in [0.1, 0.15) is 5.82 Å². The van der Waals surface area contributed by atoms with Crippen molar-refractivity contribution in [2.24, 2.45) is 5.92 Å². The Labute approximate surface area is 149 Å². The fourth-order valence-electron chi connectivity index (χ4n) is 4.58. The van der Waals surface area contributed by atoms with Crippen molar-refractivity contribution in [1.82, 2.24) is 4.90 Å². The van der Waals surface area contributed by atoms with E-state index in [-0.39, 0.29) is 5.82 Å². The summed E-state index contributed by atoms with van der Waals surface area (Å²) in [6, 6.07) is 16.8. The van der Waals surface area contributed by atoms with Gasteiger partial charge in [-0.3, -0.25) is 4.90 Å². The molecule has 2 aromatic carbocycles. The summed E-state index contributed by atoms with van der Waals surface area (Å²) in [5.41, 5.74) is 4.05. The van der Waals surface area contributed by atoms with E-state index in [0.29, 0.717) is 17.6 Å². The quantitative estimate of drug-likeness (QED) is 0.712. The van der Waals surface area contributed by atoms with Gasteiger partial charge in [-0.25, -0.2) is 4.39 Å². The molecule has 1 aliphatic carbocycles. The minimum Gasteiger partial charge on any atom is -0.293 e. The highest BCUT2D eigenvalue weighted by Gasteiger charge is 2.39. The van der Waals surface area contributed by atoms with Crippen LogP contribution in [-0.2, 0) is 0 Å². The van der Waals surface area contributed by atoms with Crippen molar-refractivity contribution in [2.45, 2.75) is 44.2 Å². The first-order chi connectivity index (χ1) is 12.3. The van der Waals surface area contributed by atoms with Crippen molar-refractivity contribution >= 4 is 5.57 Å². The second kappa shape index (κ2) is 6.10. The minimum atomic E-state index is -0.114. The molecule has 2 bridgehead atoms. The molecular formula is C23H24FN. The Hall–Kier alpha value is -1.93. The van der Waals surface area contributed by atoms with Crippen molar-refractivity contribution in [3.05, 3.63) is 66.0 Å². The van der Waals surface area contributed by atoms with E-state index in [2.05, 4.69) is 17.0 Å². The summed E-state index contributed by atoms with van der Waals surface area (Å²) in [4.78, 5) is 2.72. The first-order valence-corrected chi connectivity index (χ1v) is 9.60. The van der Waals surface area contributed by atoms with Gasteiger partial charge in [0.15, 0.2) is 0 Å². The number of halogens is 1. The molecule has 2 aliphatic heterocycles. The molecule has 2 atom stereocenters. The Bertz CT molecular complexity index is 806. The zero-order valence-corrected chi connectivity index (χ0v) is 14.5. The molecule has 0 amide bonds. The highest BCUT2D eigenvalue weighted by atomic mass is 19.1. The molecule has 1 nitrogen and oxygen atoms in total. The lowest BCUT2D eigenvalue weighted by Gasteiger charge is -2.34. The monoisotopic (exact) mass is 333 g/mol. The molecular weight excluding hydrogens is 309 g/mol. The normalized spacial score (nSPS) is 25.9. The van der Waals surface area contributed by atoms with Crippen molar-refractivity contribution in [3.8, 4) is 11.1 Å². The number of benzene rings is 2. The Morgan fingerprint density at radius 3 is 2.48 bits per heavy atom. The molecule has 0 spiro atoms. The van der Waals surface area contributed by atoms with Crippen LogP contribution in [0.2, 0.25) is 0 Å². The summed E-state index contributed by atoms with van der Waals surface area (Å²) >= 11 is 0. The Balaban J connectivity index is 1.41. The molecule has 128 valence electrons. The third-order valence-corrected chi connectivity index (χ3v) is 6.13. The minimum absolute atomic E-state index is 0.114. The first kappa shape index (κ1) is 15.3. The average Bonchev–Trinajstić information content (AvgIpc) is 3.42. The van der Waals surface area contributed by atoms with E-state index in [1.165, 1.54) is 37.8 Å². The van der Waals surface area contributed by atoms with Crippen LogP contribution in [0.3, 0.4) is 0 Å². The lowest BCUT2D eigenvalue weighted by Crippen LogP contribution is -2.39. The second-order valence-electron chi connectivity index (χ2n) is 7.90. The van der Waals surface area contributed by atoms with Gasteiger partial charge in [-0.05, 0) is 60.8 Å². The molecule has 0 N–H and O–H groups in total. The highest BCUT2D eigenvalue weighted by Crippen LogP contribution is 2.42. The Morgan fingerprint density at radius 1 is 0.920 bits per heavy atom. The molecule has 2 heterocycles. The maximum absolute atomic E-state index is 14.7. The molecule has 0 radical (unpaired) electrons. The van der Waals surface area contributed by atoms with Crippen molar-refractivity contribution in [1.29, 1.82) is 0 Å². The highest BCUT2D eigenvalue weighted by molar-refractivity contribution is 5.72. The lowest BCUT2D eigenvalue weighted by atomic mass is 9.93. The maximum atomic E-state index is 14.7. The summed E-state index contributed by atoms with van der Waals surface area (Å²) in [6.45, 7) is 1.28. The van der Waals surface area contributed by atoms with E-state index in [0.717, 1.165) is 23.5 Å². The van der Waals surface area contributed by atoms with Gasteiger partial charge in [-0.2, -0.15) is 0 Å². The van der Waals surface area contributed by atoms with E-state index in [1.807, 2.05) is 36.4 Å². The van der Waals surface area contributed by atoms with Gasteiger partial charge in [0.25, 0.3) is 0 Å². The average molecular weight is 333 g/mol. The van der Waals surface area contributed by atoms with E-state index >= 15 is 0 Å². The van der Waals surface area contributed by atoms with Crippen molar-refractivity contribution in [3.63, 3.8) is 0 Å². The van der Waals surface area contributed by atoms with Crippen molar-refractivity contribution < 1.29 is 4.39 Å². The number of rotatable bonds is 4. The van der Waals surface area contributed by atoms with E-state index < -0.39 is 0 Å². The molecule has 1 saturated heterocycles. The second-order valence-corrected chi connectivity index (χ2v) is 7.90. The van der Waals surface area contributed by atoms with Crippen molar-refractivity contribution in [2.75, 3.05) is 6.54 Å². The van der Waals surface area contributed by atoms with E-state index in [1.54, 1.807) is 6.07 Å². The summed E-state index contributed by atoms with van der Waals surface area (Å²) in [7, 11) is 0. The molecule has 2 fully saturated rings. The van der Waals surface area contributed by atoms with Gasteiger partial charge in [-0.1, -0.05) is 48.5 Å². The Kier molecular flexibility index (Phi) is 3.74. The third kappa shape index (κ3) is 2.93. The lowest BCUT2D eigenvalue weighted by molar-refractivity contribution is 0.203. The van der Waals surface area contributed by atoms with Crippen LogP contribution in [0, 0.1) is 11.7 Å². The summed E-state index contributed by atoms with van der Waals surface area (Å²) < 4.78 is 14.7. The number of fused-ring (bicyclic) bond motifs is 2. The summed E-state index contributed by atoms with van der Waals surface area (Å²) in [5.74, 6) is 0.831. The van der Waals surface area contributed by atoms with Gasteiger partial charge in [0.2, 0.25) is 0 Å². The fraction of sp³-hybridized carbons (Fsp3) is 0.391. The van der Waals surface area contributed by atoms with Crippen LogP contribution in [0.1, 0.15) is 37.7 Å². The SMILES string of the molecule is Fc1cc(C2=CC3CCC(C2)N3CC2CC2)ccc1-c1ccccc1. The van der Waals surface area contributed by atoms with Gasteiger partial charge in [0, 0.05) is 24.2 Å². The molecule has 2 aromatic rings.